The second kappa shape index (κ2) is 5.50. The zero-order valence-electron chi connectivity index (χ0n) is 10.3. The molecule has 2 N–H and O–H groups in total. The van der Waals surface area contributed by atoms with Crippen LogP contribution in [0.1, 0.15) is 40.0 Å². The first kappa shape index (κ1) is 13.3. The van der Waals surface area contributed by atoms with E-state index < -0.39 is 11.7 Å². The second-order valence-corrected chi connectivity index (χ2v) is 5.21. The van der Waals surface area contributed by atoms with Gasteiger partial charge in [0.05, 0.1) is 6.54 Å². The van der Waals surface area contributed by atoms with E-state index in [1.54, 1.807) is 20.8 Å². The summed E-state index contributed by atoms with van der Waals surface area (Å²) < 4.78 is 5.05. The number of piperidine rings is 1. The van der Waals surface area contributed by atoms with Gasteiger partial charge in [0, 0.05) is 6.04 Å². The van der Waals surface area contributed by atoms with Crippen LogP contribution < -0.4 is 5.32 Å². The molecule has 1 rings (SSSR count). The van der Waals surface area contributed by atoms with E-state index in [0.717, 1.165) is 25.8 Å². The number of amides is 1. The third-order valence-electron chi connectivity index (χ3n) is 2.41. The van der Waals surface area contributed by atoms with E-state index in [9.17, 15) is 10.0 Å². The maximum atomic E-state index is 11.5. The molecule has 0 aliphatic carbocycles. The molecule has 1 aliphatic heterocycles. The van der Waals surface area contributed by atoms with Gasteiger partial charge in [0.15, 0.2) is 0 Å². The Morgan fingerprint density at radius 1 is 1.50 bits per heavy atom. The van der Waals surface area contributed by atoms with Gasteiger partial charge in [-0.2, -0.15) is 5.06 Å². The summed E-state index contributed by atoms with van der Waals surface area (Å²) in [6.45, 7) is 6.56. The number of hydrogen-bond acceptors (Lipinski definition) is 4. The molecule has 1 amide bonds. The Balaban J connectivity index is 2.33. The highest BCUT2D eigenvalue weighted by Crippen LogP contribution is 2.11. The van der Waals surface area contributed by atoms with Crippen LogP contribution in [0.5, 0.6) is 0 Å². The first-order valence-corrected chi connectivity index (χ1v) is 5.81. The number of hydrogen-bond donors (Lipinski definition) is 2. The van der Waals surface area contributed by atoms with Gasteiger partial charge >= 0.3 is 6.09 Å². The van der Waals surface area contributed by atoms with Crippen LogP contribution in [-0.2, 0) is 4.74 Å². The molecule has 16 heavy (non-hydrogen) atoms. The maximum absolute atomic E-state index is 11.5. The van der Waals surface area contributed by atoms with Gasteiger partial charge in [0.1, 0.15) is 5.60 Å². The fourth-order valence-corrected chi connectivity index (χ4v) is 1.68. The summed E-state index contributed by atoms with van der Waals surface area (Å²) in [5, 5.41) is 13.5. The van der Waals surface area contributed by atoms with E-state index >= 15 is 0 Å². The minimum absolute atomic E-state index is 0.172. The molecule has 1 fully saturated rings. The Kier molecular flexibility index (Phi) is 4.56. The molecule has 0 radical (unpaired) electrons. The van der Waals surface area contributed by atoms with Crippen LogP contribution >= 0.6 is 0 Å². The van der Waals surface area contributed by atoms with Gasteiger partial charge in [-0.15, -0.1) is 0 Å². The van der Waals surface area contributed by atoms with Crippen molar-refractivity contribution in [1.82, 2.24) is 10.4 Å². The molecule has 5 nitrogen and oxygen atoms in total. The van der Waals surface area contributed by atoms with Crippen LogP contribution in [0.2, 0.25) is 0 Å². The highest BCUT2D eigenvalue weighted by atomic mass is 16.6. The molecular weight excluding hydrogens is 208 g/mol. The topological polar surface area (TPSA) is 61.8 Å². The molecule has 1 unspecified atom stereocenters. The number of carbonyl (C=O) groups is 1. The van der Waals surface area contributed by atoms with E-state index in [1.807, 2.05) is 0 Å². The lowest BCUT2D eigenvalue weighted by molar-refractivity contribution is -0.0988. The minimum atomic E-state index is -0.681. The molecule has 0 aromatic heterocycles. The van der Waals surface area contributed by atoms with Gasteiger partial charge in [0.25, 0.3) is 0 Å². The lowest BCUT2D eigenvalue weighted by Gasteiger charge is -2.28. The average Bonchev–Trinajstić information content (AvgIpc) is 2.16. The van der Waals surface area contributed by atoms with E-state index in [2.05, 4.69) is 5.32 Å². The van der Waals surface area contributed by atoms with Crippen molar-refractivity contribution < 1.29 is 14.7 Å². The number of hydroxylamine groups is 2. The molecule has 0 spiro atoms. The fraction of sp³-hybridized carbons (Fsp3) is 0.909. The lowest BCUT2D eigenvalue weighted by Crippen LogP contribution is -2.45. The van der Waals surface area contributed by atoms with Gasteiger partial charge < -0.3 is 10.1 Å². The number of nitrogens with one attached hydrogen (secondary N) is 1. The van der Waals surface area contributed by atoms with Crippen molar-refractivity contribution in [1.29, 1.82) is 0 Å². The predicted molar refractivity (Wildman–Crippen MR) is 60.4 cm³/mol. The van der Waals surface area contributed by atoms with Gasteiger partial charge in [-0.3, -0.25) is 5.21 Å². The molecule has 0 bridgehead atoms. The van der Waals surface area contributed by atoms with Crippen LogP contribution in [0.4, 0.5) is 4.79 Å². The molecule has 0 aromatic rings. The van der Waals surface area contributed by atoms with Gasteiger partial charge in [-0.1, -0.05) is 6.42 Å². The predicted octanol–water partition coefficient (Wildman–Crippen LogP) is 1.75. The summed E-state index contributed by atoms with van der Waals surface area (Å²) in [7, 11) is 0. The quantitative estimate of drug-likeness (QED) is 0.560. The van der Waals surface area contributed by atoms with Crippen molar-refractivity contribution in [2.75, 3.05) is 13.1 Å². The Labute approximate surface area is 96.7 Å². The molecule has 0 aromatic carbocycles. The number of carbonyl (C=O) groups excluding carboxylic acids is 1. The largest absolute Gasteiger partial charge is 0.442 e. The molecule has 1 heterocycles. The van der Waals surface area contributed by atoms with Crippen LogP contribution in [0.25, 0.3) is 0 Å². The molecular formula is C11H22N2O3. The first-order valence-electron chi connectivity index (χ1n) is 5.81. The molecule has 1 atom stereocenters. The van der Waals surface area contributed by atoms with E-state index in [-0.39, 0.29) is 12.6 Å². The normalized spacial score (nSPS) is 21.6. The van der Waals surface area contributed by atoms with Crippen molar-refractivity contribution in [3.63, 3.8) is 0 Å². The standard InChI is InChI=1S/C11H22N2O3/c1-11(2,3)16-10(14)13(15)8-9-6-4-5-7-12-9/h9,12,15H,4-8H2,1-3H3. The Bertz CT molecular complexity index is 232. The summed E-state index contributed by atoms with van der Waals surface area (Å²) in [5.74, 6) is 0. The third kappa shape index (κ3) is 4.81. The smallest absolute Gasteiger partial charge is 0.434 e. The number of rotatable bonds is 2. The van der Waals surface area contributed by atoms with E-state index in [0.29, 0.717) is 5.06 Å². The molecule has 94 valence electrons. The highest BCUT2D eigenvalue weighted by molar-refractivity contribution is 5.66. The summed E-state index contributed by atoms with van der Waals surface area (Å²) >= 11 is 0. The average molecular weight is 230 g/mol. The summed E-state index contributed by atoms with van der Waals surface area (Å²) in [6.07, 6.45) is 2.61. The Morgan fingerprint density at radius 3 is 2.69 bits per heavy atom. The van der Waals surface area contributed by atoms with Crippen molar-refractivity contribution in [2.24, 2.45) is 0 Å². The molecule has 5 heteroatoms. The van der Waals surface area contributed by atoms with Crippen molar-refractivity contribution in [3.8, 4) is 0 Å². The van der Waals surface area contributed by atoms with Crippen LogP contribution in [0.15, 0.2) is 0 Å². The highest BCUT2D eigenvalue weighted by Gasteiger charge is 2.24. The monoisotopic (exact) mass is 230 g/mol. The van der Waals surface area contributed by atoms with Gasteiger partial charge in [-0.25, -0.2) is 4.79 Å². The fourth-order valence-electron chi connectivity index (χ4n) is 1.68. The van der Waals surface area contributed by atoms with Crippen molar-refractivity contribution in [2.45, 2.75) is 51.7 Å². The third-order valence-corrected chi connectivity index (χ3v) is 2.41. The van der Waals surface area contributed by atoms with E-state index in [4.69, 9.17) is 4.74 Å². The SMILES string of the molecule is CC(C)(C)OC(=O)N(O)CC1CCCCN1. The number of nitrogens with zero attached hydrogens (tertiary/aromatic N) is 1. The van der Waals surface area contributed by atoms with E-state index in [1.165, 1.54) is 0 Å². The molecule has 0 saturated carbocycles. The molecule has 1 aliphatic rings. The number of ether oxygens (including phenoxy) is 1. The minimum Gasteiger partial charge on any atom is -0.442 e. The second-order valence-electron chi connectivity index (χ2n) is 5.21. The van der Waals surface area contributed by atoms with Gasteiger partial charge in [-0.05, 0) is 40.2 Å². The summed E-state index contributed by atoms with van der Waals surface area (Å²) in [6, 6.07) is 0.172. The zero-order chi connectivity index (χ0) is 12.2. The van der Waals surface area contributed by atoms with Crippen molar-refractivity contribution in [3.05, 3.63) is 0 Å². The first-order chi connectivity index (χ1) is 7.38. The summed E-state index contributed by atoms with van der Waals surface area (Å²) in [5.41, 5.74) is -0.571. The Morgan fingerprint density at radius 2 is 2.19 bits per heavy atom. The molecule has 1 saturated heterocycles. The summed E-state index contributed by atoms with van der Waals surface area (Å²) in [4.78, 5) is 11.5. The maximum Gasteiger partial charge on any atom is 0.434 e. The van der Waals surface area contributed by atoms with Crippen LogP contribution in [0, 0.1) is 0 Å². The van der Waals surface area contributed by atoms with Crippen LogP contribution in [0.3, 0.4) is 0 Å². The lowest BCUT2D eigenvalue weighted by atomic mass is 10.1. The Hall–Kier alpha value is -0.810. The van der Waals surface area contributed by atoms with Crippen molar-refractivity contribution >= 4 is 6.09 Å². The van der Waals surface area contributed by atoms with Gasteiger partial charge in [0.2, 0.25) is 0 Å². The van der Waals surface area contributed by atoms with Crippen LogP contribution in [-0.4, -0.2) is 41.1 Å². The zero-order valence-corrected chi connectivity index (χ0v) is 10.3.